The first-order valence-corrected chi connectivity index (χ1v) is 9.96. The number of hydrogen-bond donors (Lipinski definition) is 1. The Bertz CT molecular complexity index is 880. The van der Waals surface area contributed by atoms with Crippen molar-refractivity contribution in [1.82, 2.24) is 9.88 Å². The van der Waals surface area contributed by atoms with Crippen LogP contribution in [0.5, 0.6) is 5.75 Å². The topological polar surface area (TPSA) is 79.0 Å². The van der Waals surface area contributed by atoms with Crippen LogP contribution in [0.2, 0.25) is 0 Å². The van der Waals surface area contributed by atoms with Gasteiger partial charge < -0.3 is 19.2 Å². The Morgan fingerprint density at radius 3 is 2.58 bits per heavy atom. The molecule has 26 heavy (non-hydrogen) atoms. The average molecular weight is 489 g/mol. The third kappa shape index (κ3) is 2.94. The molecule has 0 radical (unpaired) electrons. The van der Waals surface area contributed by atoms with Crippen LogP contribution in [-0.2, 0) is 4.74 Å². The van der Waals surface area contributed by atoms with Gasteiger partial charge in [0.05, 0.1) is 21.0 Å². The van der Waals surface area contributed by atoms with Gasteiger partial charge in [0.15, 0.2) is 16.8 Å². The molecule has 0 saturated carbocycles. The largest absolute Gasteiger partial charge is 0.504 e. The first-order chi connectivity index (χ1) is 12.1. The Kier molecular flexibility index (Phi) is 4.15. The van der Waals surface area contributed by atoms with E-state index in [1.54, 1.807) is 6.07 Å². The number of aromatic hydroxyl groups is 1. The molecule has 3 fully saturated rings. The molecule has 7 nitrogen and oxygen atoms in total. The minimum atomic E-state index is -0.502. The summed E-state index contributed by atoms with van der Waals surface area (Å²) in [6.45, 7) is 6.86. The zero-order valence-corrected chi connectivity index (χ0v) is 17.8. The van der Waals surface area contributed by atoms with E-state index in [4.69, 9.17) is 9.15 Å². The summed E-state index contributed by atoms with van der Waals surface area (Å²) in [5.41, 5.74) is 0.409. The molecular formula is C17H19Br2N3O4. The molecule has 1 aromatic carbocycles. The van der Waals surface area contributed by atoms with Crippen molar-refractivity contribution in [3.63, 3.8) is 0 Å². The summed E-state index contributed by atoms with van der Waals surface area (Å²) in [5.74, 6) is 0.0516. The molecule has 5 rings (SSSR count). The molecule has 1 aromatic heterocycles. The van der Waals surface area contributed by atoms with Gasteiger partial charge in [0, 0.05) is 13.1 Å². The van der Waals surface area contributed by atoms with Gasteiger partial charge in [-0.15, -0.1) is 0 Å². The van der Waals surface area contributed by atoms with Crippen LogP contribution in [0.3, 0.4) is 0 Å². The molecular weight excluding hydrogens is 470 g/mol. The van der Waals surface area contributed by atoms with Crippen molar-refractivity contribution in [2.45, 2.75) is 44.9 Å². The molecule has 0 spiro atoms. The highest BCUT2D eigenvalue weighted by atomic mass is 79.9. The number of carbonyl (C=O) groups is 1. The van der Waals surface area contributed by atoms with Gasteiger partial charge in [0.1, 0.15) is 5.60 Å². The van der Waals surface area contributed by atoms with Crippen LogP contribution >= 0.6 is 31.9 Å². The van der Waals surface area contributed by atoms with Crippen LogP contribution in [0.1, 0.15) is 27.2 Å². The number of phenolic OH excluding ortho intramolecular Hbond substituents is 1. The average Bonchev–Trinajstić information content (AvgIpc) is 2.97. The number of phenols is 1. The van der Waals surface area contributed by atoms with Gasteiger partial charge in [-0.2, -0.15) is 4.98 Å². The summed E-state index contributed by atoms with van der Waals surface area (Å²) in [6.07, 6.45) is 0.691. The number of fused-ring (bicyclic) bond motifs is 3. The van der Waals surface area contributed by atoms with Crippen LogP contribution in [0, 0.1) is 0 Å². The molecule has 140 valence electrons. The molecule has 2 bridgehead atoms. The number of rotatable bonds is 1. The fraction of sp³-hybridized carbons (Fsp3) is 0.529. The Balaban J connectivity index is 1.54. The second kappa shape index (κ2) is 6.02. The zero-order valence-electron chi connectivity index (χ0n) is 14.6. The van der Waals surface area contributed by atoms with Gasteiger partial charge in [0.2, 0.25) is 0 Å². The van der Waals surface area contributed by atoms with E-state index in [0.29, 0.717) is 39.1 Å². The van der Waals surface area contributed by atoms with Crippen molar-refractivity contribution >= 4 is 55.1 Å². The van der Waals surface area contributed by atoms with Crippen molar-refractivity contribution in [2.24, 2.45) is 0 Å². The molecule has 9 heteroatoms. The maximum atomic E-state index is 12.4. The molecule has 3 saturated heterocycles. The van der Waals surface area contributed by atoms with E-state index in [9.17, 15) is 9.90 Å². The molecule has 1 amide bonds. The number of piperidine rings is 1. The van der Waals surface area contributed by atoms with Crippen LogP contribution < -0.4 is 4.90 Å². The molecule has 1 N–H and O–H groups in total. The number of halogens is 2. The first-order valence-electron chi connectivity index (χ1n) is 8.38. The molecule has 3 aliphatic heterocycles. The van der Waals surface area contributed by atoms with E-state index in [2.05, 4.69) is 36.8 Å². The highest BCUT2D eigenvalue weighted by molar-refractivity contribution is 9.11. The Morgan fingerprint density at radius 1 is 1.31 bits per heavy atom. The highest BCUT2D eigenvalue weighted by Crippen LogP contribution is 2.41. The number of aromatic nitrogens is 1. The van der Waals surface area contributed by atoms with E-state index < -0.39 is 5.60 Å². The fourth-order valence-electron chi connectivity index (χ4n) is 3.50. The van der Waals surface area contributed by atoms with Crippen molar-refractivity contribution < 1.29 is 19.1 Å². The van der Waals surface area contributed by atoms with E-state index >= 15 is 0 Å². The van der Waals surface area contributed by atoms with Crippen molar-refractivity contribution in [1.29, 1.82) is 0 Å². The standard InChI is InChI=1S/C17H19Br2N3O4/c1-17(2,3)26-16(24)22-8-4-9(22)7-21(6-8)15-20-12-13(23)10(18)5-11(19)14(12)25-15/h5,8-9,23H,4,6-7H2,1-3H3. The number of amides is 1. The van der Waals surface area contributed by atoms with Crippen LogP contribution in [0.25, 0.3) is 11.1 Å². The molecule has 4 heterocycles. The maximum absolute atomic E-state index is 12.4. The summed E-state index contributed by atoms with van der Waals surface area (Å²) in [4.78, 5) is 20.7. The monoisotopic (exact) mass is 487 g/mol. The van der Waals surface area contributed by atoms with Gasteiger partial charge in [-0.3, -0.25) is 4.90 Å². The van der Waals surface area contributed by atoms with E-state index in [1.807, 2.05) is 30.6 Å². The Hall–Kier alpha value is -1.48. The van der Waals surface area contributed by atoms with E-state index in [-0.39, 0.29) is 23.9 Å². The minimum absolute atomic E-state index is 0.0516. The zero-order chi connectivity index (χ0) is 18.8. The fourth-order valence-corrected chi connectivity index (χ4v) is 4.72. The number of anilines is 1. The van der Waals surface area contributed by atoms with Gasteiger partial charge in [0.25, 0.3) is 6.01 Å². The second-order valence-corrected chi connectivity index (χ2v) is 9.41. The van der Waals surface area contributed by atoms with Crippen LogP contribution in [-0.4, -0.2) is 51.9 Å². The van der Waals surface area contributed by atoms with Crippen molar-refractivity contribution in [2.75, 3.05) is 18.0 Å². The number of carbonyl (C=O) groups excluding carboxylic acids is 1. The SMILES string of the molecule is CC(C)(C)OC(=O)N1C2CC1CN(c1nc3c(O)c(Br)cc(Br)c3o1)C2. The number of piperazine rings is 1. The Labute approximate surface area is 167 Å². The maximum Gasteiger partial charge on any atom is 0.410 e. The highest BCUT2D eigenvalue weighted by Gasteiger charge is 2.49. The first kappa shape index (κ1) is 17.9. The van der Waals surface area contributed by atoms with E-state index in [0.717, 1.165) is 6.42 Å². The van der Waals surface area contributed by atoms with Gasteiger partial charge in [-0.05, 0) is 65.1 Å². The lowest BCUT2D eigenvalue weighted by molar-refractivity contribution is -0.0386. The predicted octanol–water partition coefficient (Wildman–Crippen LogP) is 4.26. The number of benzene rings is 1. The van der Waals surface area contributed by atoms with Crippen LogP contribution in [0.4, 0.5) is 10.8 Å². The normalized spacial score (nSPS) is 22.5. The third-order valence-corrected chi connectivity index (χ3v) is 5.80. The van der Waals surface area contributed by atoms with Gasteiger partial charge >= 0.3 is 6.09 Å². The lowest BCUT2D eigenvalue weighted by Gasteiger charge is -2.55. The number of hydrogen-bond acceptors (Lipinski definition) is 6. The lowest BCUT2D eigenvalue weighted by Crippen LogP contribution is -2.70. The summed E-state index contributed by atoms with van der Waals surface area (Å²) in [7, 11) is 0. The molecule has 2 aromatic rings. The van der Waals surface area contributed by atoms with Gasteiger partial charge in [-0.1, -0.05) is 0 Å². The van der Waals surface area contributed by atoms with E-state index in [1.165, 1.54) is 0 Å². The second-order valence-electron chi connectivity index (χ2n) is 7.70. The summed E-state index contributed by atoms with van der Waals surface area (Å²) in [5, 5.41) is 10.2. The molecule has 0 aliphatic carbocycles. The Morgan fingerprint density at radius 2 is 1.96 bits per heavy atom. The summed E-state index contributed by atoms with van der Waals surface area (Å²) in [6, 6.07) is 2.35. The number of nitrogens with zero attached hydrogens (tertiary/aromatic N) is 3. The molecule has 3 aliphatic rings. The molecule has 2 atom stereocenters. The van der Waals surface area contributed by atoms with Gasteiger partial charge in [-0.25, -0.2) is 4.79 Å². The van der Waals surface area contributed by atoms with Crippen LogP contribution in [0.15, 0.2) is 19.4 Å². The van der Waals surface area contributed by atoms with Crippen molar-refractivity contribution in [3.8, 4) is 5.75 Å². The number of ether oxygens (including phenoxy) is 1. The quantitative estimate of drug-likeness (QED) is 0.646. The summed E-state index contributed by atoms with van der Waals surface area (Å²) < 4.78 is 12.6. The predicted molar refractivity (Wildman–Crippen MR) is 104 cm³/mol. The van der Waals surface area contributed by atoms with Crippen molar-refractivity contribution in [3.05, 3.63) is 15.0 Å². The minimum Gasteiger partial charge on any atom is -0.504 e. The smallest absolute Gasteiger partial charge is 0.410 e. The number of oxazole rings is 1. The summed E-state index contributed by atoms with van der Waals surface area (Å²) >= 11 is 6.74. The lowest BCUT2D eigenvalue weighted by atomic mass is 9.88. The third-order valence-electron chi connectivity index (χ3n) is 4.60. The molecule has 2 unspecified atom stereocenters.